The number of piperidine rings is 1. The second-order valence-corrected chi connectivity index (χ2v) is 8.68. The molecule has 0 radical (unpaired) electrons. The zero-order valence-electron chi connectivity index (χ0n) is 14.3. The molecular weight excluding hydrogens is 340 g/mol. The summed E-state index contributed by atoms with van der Waals surface area (Å²) >= 11 is 0. The van der Waals surface area contributed by atoms with E-state index in [-0.39, 0.29) is 22.3 Å². The Morgan fingerprint density at radius 1 is 1.24 bits per heavy atom. The SMILES string of the molecule is NS(=O)(=O)c1ccc(CCNC(=O)[C@@H]2CC3(CCNCC3)CN2)cc1. The molecular formula is C17H26N4O3S. The Morgan fingerprint density at radius 3 is 2.56 bits per heavy atom. The third-order valence-corrected chi connectivity index (χ3v) is 6.24. The summed E-state index contributed by atoms with van der Waals surface area (Å²) in [6.07, 6.45) is 3.81. The molecule has 25 heavy (non-hydrogen) atoms. The van der Waals surface area contributed by atoms with E-state index < -0.39 is 10.0 Å². The van der Waals surface area contributed by atoms with Crippen molar-refractivity contribution in [1.82, 2.24) is 16.0 Å². The van der Waals surface area contributed by atoms with E-state index in [1.54, 1.807) is 12.1 Å². The van der Waals surface area contributed by atoms with Crippen molar-refractivity contribution in [2.24, 2.45) is 10.6 Å². The normalized spacial score (nSPS) is 22.8. The van der Waals surface area contributed by atoms with Gasteiger partial charge < -0.3 is 16.0 Å². The largest absolute Gasteiger partial charge is 0.354 e. The van der Waals surface area contributed by atoms with Crippen LogP contribution in [0.4, 0.5) is 0 Å². The number of nitrogens with two attached hydrogens (primary N) is 1. The Labute approximate surface area is 148 Å². The van der Waals surface area contributed by atoms with E-state index in [1.165, 1.54) is 12.1 Å². The van der Waals surface area contributed by atoms with Gasteiger partial charge in [0, 0.05) is 13.1 Å². The van der Waals surface area contributed by atoms with Crippen LogP contribution < -0.4 is 21.1 Å². The van der Waals surface area contributed by atoms with Gasteiger partial charge in [-0.1, -0.05) is 12.1 Å². The summed E-state index contributed by atoms with van der Waals surface area (Å²) in [5, 5.41) is 14.8. The predicted octanol–water partition coefficient (Wildman–Crippen LogP) is -0.276. The lowest BCUT2D eigenvalue weighted by Gasteiger charge is -2.33. The molecule has 0 unspecified atom stereocenters. The molecule has 1 spiro atoms. The molecule has 3 rings (SSSR count). The van der Waals surface area contributed by atoms with Gasteiger partial charge in [-0.3, -0.25) is 4.79 Å². The number of nitrogens with one attached hydrogen (secondary N) is 3. The van der Waals surface area contributed by atoms with Crippen molar-refractivity contribution in [1.29, 1.82) is 0 Å². The van der Waals surface area contributed by atoms with Crippen LogP contribution >= 0.6 is 0 Å². The average molecular weight is 366 g/mol. The zero-order valence-corrected chi connectivity index (χ0v) is 15.1. The van der Waals surface area contributed by atoms with Crippen LogP contribution in [0.3, 0.4) is 0 Å². The molecule has 0 bridgehead atoms. The Kier molecular flexibility index (Phi) is 5.43. The lowest BCUT2D eigenvalue weighted by Crippen LogP contribution is -2.41. The van der Waals surface area contributed by atoms with Gasteiger partial charge in [0.1, 0.15) is 0 Å². The standard InChI is InChI=1S/C17H26N4O3S/c18-25(23,24)14-3-1-13(2-4-14)5-8-20-16(22)15-11-17(12-21-15)6-9-19-10-7-17/h1-4,15,19,21H,5-12H2,(H,20,22)(H2,18,23,24)/t15-/m0/s1. The van der Waals surface area contributed by atoms with E-state index in [1.807, 2.05) is 0 Å². The molecule has 7 nitrogen and oxygen atoms in total. The first-order valence-electron chi connectivity index (χ1n) is 8.72. The fourth-order valence-electron chi connectivity index (χ4n) is 3.74. The topological polar surface area (TPSA) is 113 Å². The molecule has 2 saturated heterocycles. The van der Waals surface area contributed by atoms with Crippen LogP contribution in [0.1, 0.15) is 24.8 Å². The number of carbonyl (C=O) groups is 1. The number of rotatable bonds is 5. The molecule has 1 atom stereocenters. The van der Waals surface area contributed by atoms with Crippen LogP contribution in [0.5, 0.6) is 0 Å². The van der Waals surface area contributed by atoms with E-state index in [4.69, 9.17) is 5.14 Å². The maximum Gasteiger partial charge on any atom is 0.238 e. The third kappa shape index (κ3) is 4.58. The Morgan fingerprint density at radius 2 is 1.92 bits per heavy atom. The fourth-order valence-corrected chi connectivity index (χ4v) is 4.25. The molecule has 2 heterocycles. The van der Waals surface area contributed by atoms with Gasteiger partial charge in [-0.2, -0.15) is 0 Å². The lowest BCUT2D eigenvalue weighted by molar-refractivity contribution is -0.122. The summed E-state index contributed by atoms with van der Waals surface area (Å²) in [5.74, 6) is 0.0524. The summed E-state index contributed by atoms with van der Waals surface area (Å²) in [5.41, 5.74) is 1.23. The first kappa shape index (κ1) is 18.3. The van der Waals surface area contributed by atoms with Crippen molar-refractivity contribution in [2.75, 3.05) is 26.2 Å². The van der Waals surface area contributed by atoms with Crippen molar-refractivity contribution < 1.29 is 13.2 Å². The first-order valence-corrected chi connectivity index (χ1v) is 10.3. The van der Waals surface area contributed by atoms with Crippen molar-refractivity contribution in [2.45, 2.75) is 36.6 Å². The number of benzene rings is 1. The Bertz CT molecular complexity index is 712. The third-order valence-electron chi connectivity index (χ3n) is 5.31. The molecule has 1 aromatic rings. The predicted molar refractivity (Wildman–Crippen MR) is 95.5 cm³/mol. The van der Waals surface area contributed by atoms with Crippen LogP contribution in [-0.4, -0.2) is 46.5 Å². The van der Waals surface area contributed by atoms with Crippen molar-refractivity contribution in [3.8, 4) is 0 Å². The number of amides is 1. The van der Waals surface area contributed by atoms with Gasteiger partial charge in [0.2, 0.25) is 15.9 Å². The maximum absolute atomic E-state index is 12.4. The minimum atomic E-state index is -3.66. The van der Waals surface area contributed by atoms with Crippen molar-refractivity contribution in [3.05, 3.63) is 29.8 Å². The molecule has 0 aromatic heterocycles. The Balaban J connectivity index is 1.45. The van der Waals surface area contributed by atoms with Crippen LogP contribution in [0.25, 0.3) is 0 Å². The molecule has 0 aliphatic carbocycles. The summed E-state index contributed by atoms with van der Waals surface area (Å²) in [6.45, 7) is 3.51. The molecule has 138 valence electrons. The van der Waals surface area contributed by atoms with Crippen LogP contribution in [-0.2, 0) is 21.2 Å². The van der Waals surface area contributed by atoms with E-state index in [9.17, 15) is 13.2 Å². The van der Waals surface area contributed by atoms with Gasteiger partial charge >= 0.3 is 0 Å². The van der Waals surface area contributed by atoms with Gasteiger partial charge in [-0.15, -0.1) is 0 Å². The fraction of sp³-hybridized carbons (Fsp3) is 0.588. The number of hydrogen-bond donors (Lipinski definition) is 4. The summed E-state index contributed by atoms with van der Waals surface area (Å²) in [4.78, 5) is 12.5. The minimum absolute atomic E-state index is 0.0524. The molecule has 2 fully saturated rings. The van der Waals surface area contributed by atoms with Crippen molar-refractivity contribution >= 4 is 15.9 Å². The number of hydrogen-bond acceptors (Lipinski definition) is 5. The second kappa shape index (κ2) is 7.41. The summed E-state index contributed by atoms with van der Waals surface area (Å²) in [7, 11) is -3.66. The summed E-state index contributed by atoms with van der Waals surface area (Å²) in [6, 6.07) is 6.33. The number of primary sulfonamides is 1. The molecule has 1 amide bonds. The monoisotopic (exact) mass is 366 g/mol. The highest BCUT2D eigenvalue weighted by atomic mass is 32.2. The zero-order chi connectivity index (χ0) is 17.9. The van der Waals surface area contributed by atoms with E-state index in [0.29, 0.717) is 13.0 Å². The van der Waals surface area contributed by atoms with Gasteiger partial charge in [0.15, 0.2) is 0 Å². The molecule has 0 saturated carbocycles. The van der Waals surface area contributed by atoms with Gasteiger partial charge in [0.05, 0.1) is 10.9 Å². The molecule has 8 heteroatoms. The highest BCUT2D eigenvalue weighted by Gasteiger charge is 2.41. The molecule has 1 aromatic carbocycles. The van der Waals surface area contributed by atoms with Gasteiger partial charge in [0.25, 0.3) is 0 Å². The lowest BCUT2D eigenvalue weighted by atomic mass is 9.77. The van der Waals surface area contributed by atoms with Crippen LogP contribution in [0, 0.1) is 5.41 Å². The van der Waals surface area contributed by atoms with Gasteiger partial charge in [-0.25, -0.2) is 13.6 Å². The van der Waals surface area contributed by atoms with E-state index >= 15 is 0 Å². The average Bonchev–Trinajstić information content (AvgIpc) is 2.99. The number of sulfonamides is 1. The summed E-state index contributed by atoms with van der Waals surface area (Å²) < 4.78 is 22.5. The second-order valence-electron chi connectivity index (χ2n) is 7.12. The minimum Gasteiger partial charge on any atom is -0.354 e. The van der Waals surface area contributed by atoms with E-state index in [0.717, 1.165) is 44.5 Å². The maximum atomic E-state index is 12.4. The number of carbonyl (C=O) groups excluding carboxylic acids is 1. The quantitative estimate of drug-likeness (QED) is 0.573. The molecule has 2 aliphatic heterocycles. The van der Waals surface area contributed by atoms with Gasteiger partial charge in [-0.05, 0) is 61.9 Å². The molecule has 2 aliphatic rings. The molecule has 5 N–H and O–H groups in total. The van der Waals surface area contributed by atoms with Crippen LogP contribution in [0.15, 0.2) is 29.2 Å². The smallest absolute Gasteiger partial charge is 0.238 e. The van der Waals surface area contributed by atoms with Crippen LogP contribution in [0.2, 0.25) is 0 Å². The van der Waals surface area contributed by atoms with E-state index in [2.05, 4.69) is 16.0 Å². The first-order chi connectivity index (χ1) is 11.9. The van der Waals surface area contributed by atoms with Crippen molar-refractivity contribution in [3.63, 3.8) is 0 Å². The highest BCUT2D eigenvalue weighted by Crippen LogP contribution is 2.37. The highest BCUT2D eigenvalue weighted by molar-refractivity contribution is 7.89. The Hall–Kier alpha value is -1.48.